The number of rotatable bonds is 3. The van der Waals surface area contributed by atoms with E-state index in [2.05, 4.69) is 0 Å². The average molecular weight is 128 g/mol. The molecule has 0 saturated carbocycles. The predicted molar refractivity (Wildman–Crippen MR) is 35.1 cm³/mol. The summed E-state index contributed by atoms with van der Waals surface area (Å²) in [6, 6.07) is 0. The third kappa shape index (κ3) is 2.06. The van der Waals surface area contributed by atoms with Gasteiger partial charge in [0.25, 0.3) is 0 Å². The Bertz CT molecular complexity index is 105. The molecule has 1 aliphatic rings. The Balaban J connectivity index is 2.10. The molecular formula is C7H12O2. The maximum Gasteiger partial charge on any atom is 0.123 e. The molecule has 1 saturated heterocycles. The summed E-state index contributed by atoms with van der Waals surface area (Å²) >= 11 is 0. The molecule has 2 heteroatoms. The fourth-order valence-electron chi connectivity index (χ4n) is 0.617. The minimum absolute atomic E-state index is 0.223. The standard InChI is InChI=1S/C7H12O2/c1-3-4-8-6(2)7-5-9-7/h3-4,6-7H,5H2,1-2H3/b4-3+. The van der Waals surface area contributed by atoms with Crippen molar-refractivity contribution >= 4 is 0 Å². The zero-order valence-corrected chi connectivity index (χ0v) is 5.83. The third-order valence-electron chi connectivity index (χ3n) is 1.31. The van der Waals surface area contributed by atoms with Crippen molar-refractivity contribution in [1.29, 1.82) is 0 Å². The van der Waals surface area contributed by atoms with Crippen LogP contribution in [-0.2, 0) is 9.47 Å². The Labute approximate surface area is 55.5 Å². The summed E-state index contributed by atoms with van der Waals surface area (Å²) in [7, 11) is 0. The molecule has 0 spiro atoms. The lowest BCUT2D eigenvalue weighted by Gasteiger charge is -2.05. The van der Waals surface area contributed by atoms with Gasteiger partial charge in [0.2, 0.25) is 0 Å². The van der Waals surface area contributed by atoms with Crippen LogP contribution in [-0.4, -0.2) is 18.8 Å². The van der Waals surface area contributed by atoms with Crippen LogP contribution >= 0.6 is 0 Å². The first-order valence-corrected chi connectivity index (χ1v) is 3.23. The number of hydrogen-bond acceptors (Lipinski definition) is 2. The SMILES string of the molecule is C/C=C/OC(C)C1CO1. The van der Waals surface area contributed by atoms with E-state index in [0.717, 1.165) is 6.61 Å². The number of epoxide rings is 1. The summed E-state index contributed by atoms with van der Waals surface area (Å²) < 4.78 is 10.2. The van der Waals surface area contributed by atoms with E-state index in [1.54, 1.807) is 6.26 Å². The number of hydrogen-bond donors (Lipinski definition) is 0. The second-order valence-corrected chi connectivity index (χ2v) is 2.18. The first kappa shape index (κ1) is 6.62. The van der Waals surface area contributed by atoms with Crippen molar-refractivity contribution in [3.05, 3.63) is 12.3 Å². The van der Waals surface area contributed by atoms with Crippen molar-refractivity contribution in [2.24, 2.45) is 0 Å². The molecule has 9 heavy (non-hydrogen) atoms. The van der Waals surface area contributed by atoms with Crippen LogP contribution in [0.4, 0.5) is 0 Å². The van der Waals surface area contributed by atoms with E-state index in [9.17, 15) is 0 Å². The molecule has 2 nitrogen and oxygen atoms in total. The molecule has 0 radical (unpaired) electrons. The van der Waals surface area contributed by atoms with Gasteiger partial charge in [0.05, 0.1) is 12.9 Å². The first-order valence-electron chi connectivity index (χ1n) is 3.23. The van der Waals surface area contributed by atoms with Crippen LogP contribution in [0.1, 0.15) is 13.8 Å². The lowest BCUT2D eigenvalue weighted by Crippen LogP contribution is -2.11. The Hall–Kier alpha value is -0.500. The normalized spacial score (nSPS) is 28.4. The molecule has 1 fully saturated rings. The summed E-state index contributed by atoms with van der Waals surface area (Å²) in [6.45, 7) is 4.80. The molecule has 0 amide bonds. The fraction of sp³-hybridized carbons (Fsp3) is 0.714. The second kappa shape index (κ2) is 2.87. The summed E-state index contributed by atoms with van der Waals surface area (Å²) in [5.41, 5.74) is 0. The van der Waals surface area contributed by atoms with Crippen molar-refractivity contribution in [3.8, 4) is 0 Å². The summed E-state index contributed by atoms with van der Waals surface area (Å²) in [5, 5.41) is 0. The Morgan fingerprint density at radius 1 is 1.78 bits per heavy atom. The maximum atomic E-state index is 5.21. The molecule has 2 atom stereocenters. The molecule has 1 heterocycles. The molecular weight excluding hydrogens is 116 g/mol. The molecule has 0 N–H and O–H groups in total. The van der Waals surface area contributed by atoms with E-state index < -0.39 is 0 Å². The highest BCUT2D eigenvalue weighted by atomic mass is 16.6. The lowest BCUT2D eigenvalue weighted by atomic mass is 10.3. The Morgan fingerprint density at radius 2 is 2.44 bits per heavy atom. The summed E-state index contributed by atoms with van der Waals surface area (Å²) in [4.78, 5) is 0. The van der Waals surface area contributed by atoms with Gasteiger partial charge < -0.3 is 9.47 Å². The van der Waals surface area contributed by atoms with Crippen LogP contribution in [0, 0.1) is 0 Å². The van der Waals surface area contributed by atoms with Gasteiger partial charge in [0, 0.05) is 0 Å². The quantitative estimate of drug-likeness (QED) is 0.422. The van der Waals surface area contributed by atoms with Gasteiger partial charge in [-0.25, -0.2) is 0 Å². The largest absolute Gasteiger partial charge is 0.496 e. The molecule has 52 valence electrons. The van der Waals surface area contributed by atoms with E-state index in [-0.39, 0.29) is 6.10 Å². The minimum Gasteiger partial charge on any atom is -0.496 e. The van der Waals surface area contributed by atoms with Crippen molar-refractivity contribution < 1.29 is 9.47 Å². The van der Waals surface area contributed by atoms with Gasteiger partial charge in [-0.1, -0.05) is 6.08 Å². The zero-order valence-electron chi connectivity index (χ0n) is 5.83. The van der Waals surface area contributed by atoms with Crippen LogP contribution in [0.5, 0.6) is 0 Å². The van der Waals surface area contributed by atoms with E-state index in [0.29, 0.717) is 6.10 Å². The third-order valence-corrected chi connectivity index (χ3v) is 1.31. The molecule has 2 unspecified atom stereocenters. The summed E-state index contributed by atoms with van der Waals surface area (Å²) in [5.74, 6) is 0. The van der Waals surface area contributed by atoms with Crippen molar-refractivity contribution in [2.75, 3.05) is 6.61 Å². The lowest BCUT2D eigenvalue weighted by molar-refractivity contribution is 0.127. The summed E-state index contributed by atoms with van der Waals surface area (Å²) in [6.07, 6.45) is 4.15. The smallest absolute Gasteiger partial charge is 0.123 e. The number of ether oxygens (including phenoxy) is 2. The van der Waals surface area contributed by atoms with Gasteiger partial charge in [-0.05, 0) is 13.8 Å². The Morgan fingerprint density at radius 3 is 2.89 bits per heavy atom. The molecule has 0 aliphatic carbocycles. The van der Waals surface area contributed by atoms with E-state index in [1.165, 1.54) is 0 Å². The Kier molecular flexibility index (Phi) is 2.11. The van der Waals surface area contributed by atoms with Gasteiger partial charge in [-0.15, -0.1) is 0 Å². The van der Waals surface area contributed by atoms with Gasteiger partial charge in [-0.3, -0.25) is 0 Å². The van der Waals surface area contributed by atoms with Gasteiger partial charge in [0.1, 0.15) is 12.2 Å². The molecule has 0 aromatic rings. The van der Waals surface area contributed by atoms with E-state index >= 15 is 0 Å². The predicted octanol–water partition coefficient (Wildman–Crippen LogP) is 1.32. The highest BCUT2D eigenvalue weighted by Gasteiger charge is 2.30. The topological polar surface area (TPSA) is 21.8 Å². The van der Waals surface area contributed by atoms with Crippen molar-refractivity contribution in [2.45, 2.75) is 26.1 Å². The van der Waals surface area contributed by atoms with Gasteiger partial charge in [-0.2, -0.15) is 0 Å². The van der Waals surface area contributed by atoms with E-state index in [1.807, 2.05) is 19.9 Å². The van der Waals surface area contributed by atoms with Crippen molar-refractivity contribution in [3.63, 3.8) is 0 Å². The average Bonchev–Trinajstić information content (AvgIpc) is 2.63. The maximum absolute atomic E-state index is 5.21. The van der Waals surface area contributed by atoms with Crippen LogP contribution in [0.15, 0.2) is 12.3 Å². The monoisotopic (exact) mass is 128 g/mol. The molecule has 0 aromatic heterocycles. The van der Waals surface area contributed by atoms with Gasteiger partial charge >= 0.3 is 0 Å². The second-order valence-electron chi connectivity index (χ2n) is 2.18. The molecule has 0 aromatic carbocycles. The highest BCUT2D eigenvalue weighted by molar-refractivity contribution is 4.79. The van der Waals surface area contributed by atoms with Crippen LogP contribution in [0.25, 0.3) is 0 Å². The minimum atomic E-state index is 0.223. The van der Waals surface area contributed by atoms with Gasteiger partial charge in [0.15, 0.2) is 0 Å². The molecule has 1 aliphatic heterocycles. The van der Waals surface area contributed by atoms with Crippen LogP contribution in [0.3, 0.4) is 0 Å². The number of allylic oxidation sites excluding steroid dienone is 1. The highest BCUT2D eigenvalue weighted by Crippen LogP contribution is 2.16. The zero-order chi connectivity index (χ0) is 6.69. The fourth-order valence-corrected chi connectivity index (χ4v) is 0.617. The van der Waals surface area contributed by atoms with E-state index in [4.69, 9.17) is 9.47 Å². The van der Waals surface area contributed by atoms with Crippen LogP contribution in [0.2, 0.25) is 0 Å². The molecule has 1 rings (SSSR count). The molecule has 0 bridgehead atoms. The first-order chi connectivity index (χ1) is 4.34. The van der Waals surface area contributed by atoms with Crippen molar-refractivity contribution in [1.82, 2.24) is 0 Å². The van der Waals surface area contributed by atoms with Crippen LogP contribution < -0.4 is 0 Å².